The Bertz CT molecular complexity index is 1070. The number of ether oxygens (including phenoxy) is 1. The summed E-state index contributed by atoms with van der Waals surface area (Å²) in [5, 5.41) is 12.0. The van der Waals surface area contributed by atoms with E-state index in [1.165, 1.54) is 22.3 Å². The summed E-state index contributed by atoms with van der Waals surface area (Å²) in [6, 6.07) is 16.4. The van der Waals surface area contributed by atoms with E-state index in [9.17, 15) is 19.5 Å². The van der Waals surface area contributed by atoms with Crippen LogP contribution in [0.2, 0.25) is 0 Å². The fourth-order valence-corrected chi connectivity index (χ4v) is 5.58. The minimum Gasteiger partial charge on any atom is -0.481 e. The normalized spacial score (nSPS) is 25.3. The fraction of sp³-hybridized carbons (Fsp3) is 0.444. The number of hydrogen-bond donors (Lipinski definition) is 2. The molecule has 2 amide bonds. The summed E-state index contributed by atoms with van der Waals surface area (Å²) in [5.41, 5.74) is 4.72. The average molecular weight is 463 g/mol. The number of nitrogens with zero attached hydrogens (tertiary/aromatic N) is 1. The number of likely N-dealkylation sites (tertiary alicyclic amines) is 1. The van der Waals surface area contributed by atoms with Crippen LogP contribution < -0.4 is 5.32 Å². The highest BCUT2D eigenvalue weighted by Crippen LogP contribution is 2.44. The number of piperidine rings is 1. The van der Waals surface area contributed by atoms with Crippen LogP contribution in [0.25, 0.3) is 11.1 Å². The van der Waals surface area contributed by atoms with Gasteiger partial charge >= 0.3 is 12.1 Å². The van der Waals surface area contributed by atoms with Crippen LogP contribution in [0, 0.1) is 17.8 Å². The summed E-state index contributed by atoms with van der Waals surface area (Å²) in [5.74, 6) is -1.05. The standard InChI is InChI=1S/C27H30N2O5/c1-16-12-17(26(31)32)10-11-29(16)25(30)23-13-18(23)14-28-27(33)34-15-24-21-8-4-2-6-19(21)20-7-3-5-9-22(20)24/h2-9,16-18,23-24H,10-15H2,1H3,(H,28,33)(H,31,32)/t16-,17-,18-,23-/m1/s1. The largest absolute Gasteiger partial charge is 0.481 e. The molecule has 3 aliphatic rings. The summed E-state index contributed by atoms with van der Waals surface area (Å²) < 4.78 is 5.58. The van der Waals surface area contributed by atoms with Gasteiger partial charge in [0.2, 0.25) is 5.91 Å². The SMILES string of the molecule is C[C@@H]1C[C@H](C(=O)O)CCN1C(=O)[C@@H]1C[C@@H]1CNC(=O)OCC1c2ccccc2-c2ccccc21. The molecule has 0 bridgehead atoms. The molecule has 1 saturated carbocycles. The van der Waals surface area contributed by atoms with Crippen LogP contribution in [0.3, 0.4) is 0 Å². The van der Waals surface area contributed by atoms with Crippen molar-refractivity contribution in [1.82, 2.24) is 10.2 Å². The zero-order valence-electron chi connectivity index (χ0n) is 19.3. The van der Waals surface area contributed by atoms with Crippen LogP contribution in [0.15, 0.2) is 48.5 Å². The first kappa shape index (κ1) is 22.4. The van der Waals surface area contributed by atoms with Crippen molar-refractivity contribution in [3.63, 3.8) is 0 Å². The van der Waals surface area contributed by atoms with Crippen LogP contribution in [0.4, 0.5) is 4.79 Å². The van der Waals surface area contributed by atoms with Crippen molar-refractivity contribution in [3.8, 4) is 11.1 Å². The van der Waals surface area contributed by atoms with Gasteiger partial charge < -0.3 is 20.1 Å². The lowest BCUT2D eigenvalue weighted by atomic mass is 9.91. The number of aliphatic carboxylic acids is 1. The lowest BCUT2D eigenvalue weighted by Crippen LogP contribution is -2.47. The Kier molecular flexibility index (Phi) is 6.02. The van der Waals surface area contributed by atoms with E-state index in [-0.39, 0.29) is 42.2 Å². The minimum absolute atomic E-state index is 0.0172. The number of benzene rings is 2. The molecule has 0 unspecified atom stereocenters. The second kappa shape index (κ2) is 9.12. The van der Waals surface area contributed by atoms with Crippen LogP contribution in [0.5, 0.6) is 0 Å². The zero-order valence-corrected chi connectivity index (χ0v) is 19.3. The van der Waals surface area contributed by atoms with Crippen molar-refractivity contribution in [2.45, 2.75) is 38.1 Å². The summed E-state index contributed by atoms with van der Waals surface area (Å²) in [7, 11) is 0. The van der Waals surface area contributed by atoms with Crippen LogP contribution in [-0.4, -0.2) is 53.7 Å². The topological polar surface area (TPSA) is 95.9 Å². The summed E-state index contributed by atoms with van der Waals surface area (Å²) in [6.07, 6.45) is 1.28. The van der Waals surface area contributed by atoms with E-state index in [1.807, 2.05) is 36.1 Å². The van der Waals surface area contributed by atoms with Crippen LogP contribution in [-0.2, 0) is 14.3 Å². The van der Waals surface area contributed by atoms with Gasteiger partial charge in [0.05, 0.1) is 5.92 Å². The Morgan fingerprint density at radius 3 is 2.29 bits per heavy atom. The molecule has 2 N–H and O–H groups in total. The van der Waals surface area contributed by atoms with Crippen LogP contribution in [0.1, 0.15) is 43.2 Å². The Balaban J connectivity index is 1.10. The molecule has 7 heteroatoms. The van der Waals surface area contributed by atoms with Crippen molar-refractivity contribution in [3.05, 3.63) is 59.7 Å². The molecule has 1 aliphatic heterocycles. The Morgan fingerprint density at radius 1 is 1.03 bits per heavy atom. The van der Waals surface area contributed by atoms with Gasteiger partial charge in [-0.2, -0.15) is 0 Å². The van der Waals surface area contributed by atoms with E-state index in [0.717, 1.165) is 6.42 Å². The molecule has 1 saturated heterocycles. The molecular formula is C27H30N2O5. The second-order valence-electron chi connectivity index (χ2n) is 9.75. The Morgan fingerprint density at radius 2 is 1.68 bits per heavy atom. The molecular weight excluding hydrogens is 432 g/mol. The van der Waals surface area contributed by atoms with E-state index in [4.69, 9.17) is 4.74 Å². The molecule has 0 aromatic heterocycles. The van der Waals surface area contributed by atoms with Gasteiger partial charge in [0.1, 0.15) is 6.61 Å². The monoisotopic (exact) mass is 462 g/mol. The Hall–Kier alpha value is -3.35. The van der Waals surface area contributed by atoms with Gasteiger partial charge in [-0.3, -0.25) is 9.59 Å². The van der Waals surface area contributed by atoms with Gasteiger partial charge in [-0.05, 0) is 54.4 Å². The smallest absolute Gasteiger partial charge is 0.407 e. The number of rotatable bonds is 6. The molecule has 5 rings (SSSR count). The third-order valence-electron chi connectivity index (χ3n) is 7.60. The first-order chi connectivity index (χ1) is 16.4. The molecule has 2 aromatic rings. The predicted molar refractivity (Wildman–Crippen MR) is 126 cm³/mol. The minimum atomic E-state index is -0.782. The molecule has 0 radical (unpaired) electrons. The number of alkyl carbamates (subject to hydrolysis) is 1. The number of carboxylic acid groups (broad SMARTS) is 1. The highest BCUT2D eigenvalue weighted by molar-refractivity contribution is 5.83. The molecule has 7 nitrogen and oxygen atoms in total. The van der Waals surface area contributed by atoms with Crippen LogP contribution >= 0.6 is 0 Å². The number of fused-ring (bicyclic) bond motifs is 3. The van der Waals surface area contributed by atoms with Gasteiger partial charge in [-0.1, -0.05) is 48.5 Å². The maximum absolute atomic E-state index is 12.9. The quantitative estimate of drug-likeness (QED) is 0.679. The number of hydrogen-bond acceptors (Lipinski definition) is 4. The van der Waals surface area contributed by atoms with Gasteiger partial charge in [-0.25, -0.2) is 4.79 Å². The summed E-state index contributed by atoms with van der Waals surface area (Å²) in [6.45, 7) is 3.08. The third kappa shape index (κ3) is 4.27. The predicted octanol–water partition coefficient (Wildman–Crippen LogP) is 3.87. The fourth-order valence-electron chi connectivity index (χ4n) is 5.58. The van der Waals surface area contributed by atoms with Gasteiger partial charge in [0.15, 0.2) is 0 Å². The van der Waals surface area contributed by atoms with Crippen molar-refractivity contribution < 1.29 is 24.2 Å². The third-order valence-corrected chi connectivity index (χ3v) is 7.60. The Labute approximate surface area is 199 Å². The first-order valence-electron chi connectivity index (χ1n) is 12.1. The maximum atomic E-state index is 12.9. The van der Waals surface area contributed by atoms with E-state index in [0.29, 0.717) is 25.9 Å². The van der Waals surface area contributed by atoms with Gasteiger partial charge in [0.25, 0.3) is 0 Å². The summed E-state index contributed by atoms with van der Waals surface area (Å²) in [4.78, 5) is 38.3. The molecule has 178 valence electrons. The highest BCUT2D eigenvalue weighted by atomic mass is 16.5. The number of nitrogens with one attached hydrogen (secondary N) is 1. The van der Waals surface area contributed by atoms with Crippen molar-refractivity contribution >= 4 is 18.0 Å². The molecule has 4 atom stereocenters. The highest BCUT2D eigenvalue weighted by Gasteiger charge is 2.46. The van der Waals surface area contributed by atoms with Gasteiger partial charge in [0, 0.05) is 31.0 Å². The molecule has 0 spiro atoms. The number of carbonyl (C=O) groups excluding carboxylic acids is 2. The molecule has 2 fully saturated rings. The van der Waals surface area contributed by atoms with Crippen molar-refractivity contribution in [1.29, 1.82) is 0 Å². The molecule has 34 heavy (non-hydrogen) atoms. The van der Waals surface area contributed by atoms with Gasteiger partial charge in [-0.15, -0.1) is 0 Å². The molecule has 2 aromatic carbocycles. The van der Waals surface area contributed by atoms with E-state index in [1.54, 1.807) is 0 Å². The number of carboxylic acids is 1. The first-order valence-corrected chi connectivity index (χ1v) is 12.1. The lowest BCUT2D eigenvalue weighted by Gasteiger charge is -2.36. The average Bonchev–Trinajstić information content (AvgIpc) is 3.56. The second-order valence-corrected chi connectivity index (χ2v) is 9.75. The molecule has 1 heterocycles. The maximum Gasteiger partial charge on any atom is 0.407 e. The lowest BCUT2D eigenvalue weighted by molar-refractivity contribution is -0.148. The zero-order chi connectivity index (χ0) is 23.8. The van der Waals surface area contributed by atoms with Crippen molar-refractivity contribution in [2.24, 2.45) is 17.8 Å². The van der Waals surface area contributed by atoms with E-state index >= 15 is 0 Å². The summed E-state index contributed by atoms with van der Waals surface area (Å²) >= 11 is 0. The van der Waals surface area contributed by atoms with E-state index < -0.39 is 12.1 Å². The number of carbonyl (C=O) groups is 3. The van der Waals surface area contributed by atoms with Crippen molar-refractivity contribution in [2.75, 3.05) is 19.7 Å². The van der Waals surface area contributed by atoms with E-state index in [2.05, 4.69) is 29.6 Å². The number of amides is 2. The molecule has 2 aliphatic carbocycles.